The highest BCUT2D eigenvalue weighted by molar-refractivity contribution is 5.92. The Bertz CT molecular complexity index is 569. The number of ether oxygens (including phenoxy) is 1. The third kappa shape index (κ3) is 4.16. The number of rotatable bonds is 5. The van der Waals surface area contributed by atoms with E-state index >= 15 is 0 Å². The van der Waals surface area contributed by atoms with Gasteiger partial charge in [0.2, 0.25) is 5.91 Å². The summed E-state index contributed by atoms with van der Waals surface area (Å²) in [4.78, 5) is 11.8. The number of carbonyl (C=O) groups excluding carboxylic acids is 1. The summed E-state index contributed by atoms with van der Waals surface area (Å²) in [6.45, 7) is 0.0871. The molecule has 1 amide bonds. The second-order valence-corrected chi connectivity index (χ2v) is 4.91. The topological polar surface area (TPSA) is 58.6 Å². The third-order valence-corrected chi connectivity index (χ3v) is 3.34. The van der Waals surface area contributed by atoms with E-state index in [1.807, 2.05) is 12.2 Å². The SMILES string of the molecule is COc1ccc(/C=C/C(=O)N[C@@H]2C=C[C@H](CO)C2)cc1F. The molecule has 0 radical (unpaired) electrons. The molecule has 0 bridgehead atoms. The van der Waals surface area contributed by atoms with Crippen LogP contribution in [-0.2, 0) is 4.79 Å². The number of aliphatic hydroxyl groups is 1. The molecule has 0 saturated heterocycles. The normalized spacial score (nSPS) is 20.9. The molecule has 0 unspecified atom stereocenters. The summed E-state index contributed by atoms with van der Waals surface area (Å²) in [6.07, 6.45) is 7.38. The lowest BCUT2D eigenvalue weighted by atomic mass is 10.1. The van der Waals surface area contributed by atoms with Crippen LogP contribution in [0.25, 0.3) is 6.08 Å². The summed E-state index contributed by atoms with van der Waals surface area (Å²) < 4.78 is 18.3. The number of halogens is 1. The van der Waals surface area contributed by atoms with Crippen LogP contribution >= 0.6 is 0 Å². The van der Waals surface area contributed by atoms with Crippen molar-refractivity contribution in [3.63, 3.8) is 0 Å². The molecule has 112 valence electrons. The largest absolute Gasteiger partial charge is 0.494 e. The van der Waals surface area contributed by atoms with Gasteiger partial charge in [-0.2, -0.15) is 0 Å². The number of nitrogens with one attached hydrogen (secondary N) is 1. The molecule has 2 N–H and O–H groups in total. The molecule has 0 heterocycles. The number of amides is 1. The van der Waals surface area contributed by atoms with Crippen molar-refractivity contribution in [3.8, 4) is 5.75 Å². The van der Waals surface area contributed by atoms with Crippen LogP contribution in [0.15, 0.2) is 36.4 Å². The average molecular weight is 291 g/mol. The Kier molecular flexibility index (Phi) is 5.11. The fourth-order valence-electron chi connectivity index (χ4n) is 2.21. The molecular formula is C16H18FNO3. The maximum atomic E-state index is 13.5. The van der Waals surface area contributed by atoms with Crippen LogP contribution in [0.5, 0.6) is 5.75 Å². The molecule has 0 fully saturated rings. The Balaban J connectivity index is 1.90. The van der Waals surface area contributed by atoms with Gasteiger partial charge in [0.15, 0.2) is 11.6 Å². The van der Waals surface area contributed by atoms with Crippen molar-refractivity contribution in [2.75, 3.05) is 13.7 Å². The van der Waals surface area contributed by atoms with Gasteiger partial charge in [0.25, 0.3) is 0 Å². The first-order valence-corrected chi connectivity index (χ1v) is 6.73. The second-order valence-electron chi connectivity index (χ2n) is 4.91. The monoisotopic (exact) mass is 291 g/mol. The molecule has 1 aliphatic rings. The molecule has 0 aliphatic heterocycles. The van der Waals surface area contributed by atoms with E-state index in [0.717, 1.165) is 0 Å². The van der Waals surface area contributed by atoms with Gasteiger partial charge in [0.1, 0.15) is 0 Å². The third-order valence-electron chi connectivity index (χ3n) is 3.34. The van der Waals surface area contributed by atoms with E-state index in [1.165, 1.54) is 25.3 Å². The first-order chi connectivity index (χ1) is 10.1. The van der Waals surface area contributed by atoms with Crippen LogP contribution in [-0.4, -0.2) is 30.8 Å². The number of hydrogen-bond donors (Lipinski definition) is 2. The first-order valence-electron chi connectivity index (χ1n) is 6.73. The van der Waals surface area contributed by atoms with Gasteiger partial charge in [-0.3, -0.25) is 4.79 Å². The summed E-state index contributed by atoms with van der Waals surface area (Å²) in [5, 5.41) is 11.8. The van der Waals surface area contributed by atoms with Gasteiger partial charge in [0.05, 0.1) is 7.11 Å². The molecule has 0 spiro atoms. The highest BCUT2D eigenvalue weighted by atomic mass is 19.1. The molecule has 5 heteroatoms. The highest BCUT2D eigenvalue weighted by Gasteiger charge is 2.18. The van der Waals surface area contributed by atoms with Crippen molar-refractivity contribution < 1.29 is 19.0 Å². The van der Waals surface area contributed by atoms with Crippen LogP contribution < -0.4 is 10.1 Å². The molecule has 2 rings (SSSR count). The number of benzene rings is 1. The van der Waals surface area contributed by atoms with Crippen LogP contribution in [0.1, 0.15) is 12.0 Å². The Morgan fingerprint density at radius 1 is 1.52 bits per heavy atom. The van der Waals surface area contributed by atoms with Crippen molar-refractivity contribution in [2.24, 2.45) is 5.92 Å². The Hall–Kier alpha value is -2.14. The Morgan fingerprint density at radius 2 is 2.33 bits per heavy atom. The molecule has 2 atom stereocenters. The van der Waals surface area contributed by atoms with Crippen molar-refractivity contribution >= 4 is 12.0 Å². The zero-order valence-electron chi connectivity index (χ0n) is 11.8. The fraction of sp³-hybridized carbons (Fsp3) is 0.312. The van der Waals surface area contributed by atoms with E-state index in [1.54, 1.807) is 12.1 Å². The van der Waals surface area contributed by atoms with Crippen LogP contribution in [0.4, 0.5) is 4.39 Å². The molecule has 1 aromatic carbocycles. The highest BCUT2D eigenvalue weighted by Crippen LogP contribution is 2.19. The smallest absolute Gasteiger partial charge is 0.244 e. The zero-order chi connectivity index (χ0) is 15.2. The summed E-state index contributed by atoms with van der Waals surface area (Å²) in [6, 6.07) is 4.42. The number of aliphatic hydroxyl groups excluding tert-OH is 1. The minimum absolute atomic E-state index is 0.0631. The van der Waals surface area contributed by atoms with E-state index < -0.39 is 5.82 Å². The van der Waals surface area contributed by atoms with Crippen molar-refractivity contribution in [1.29, 1.82) is 0 Å². The van der Waals surface area contributed by atoms with E-state index in [2.05, 4.69) is 5.32 Å². The molecule has 0 saturated carbocycles. The van der Waals surface area contributed by atoms with Gasteiger partial charge in [-0.25, -0.2) is 4.39 Å². The lowest BCUT2D eigenvalue weighted by Gasteiger charge is -2.10. The van der Waals surface area contributed by atoms with Crippen LogP contribution in [0.3, 0.4) is 0 Å². The molecule has 21 heavy (non-hydrogen) atoms. The molecule has 4 nitrogen and oxygen atoms in total. The summed E-state index contributed by atoms with van der Waals surface area (Å²) in [7, 11) is 1.40. The first kappa shape index (κ1) is 15.3. The maximum Gasteiger partial charge on any atom is 0.244 e. The minimum Gasteiger partial charge on any atom is -0.494 e. The number of hydrogen-bond acceptors (Lipinski definition) is 3. The van der Waals surface area contributed by atoms with E-state index in [0.29, 0.717) is 12.0 Å². The quantitative estimate of drug-likeness (QED) is 0.643. The molecule has 1 aliphatic carbocycles. The van der Waals surface area contributed by atoms with Crippen LogP contribution in [0, 0.1) is 11.7 Å². The van der Waals surface area contributed by atoms with Crippen LogP contribution in [0.2, 0.25) is 0 Å². The number of methoxy groups -OCH3 is 1. The minimum atomic E-state index is -0.468. The van der Waals surface area contributed by atoms with Crippen molar-refractivity contribution in [1.82, 2.24) is 5.32 Å². The van der Waals surface area contributed by atoms with Crippen molar-refractivity contribution in [3.05, 3.63) is 47.8 Å². The van der Waals surface area contributed by atoms with Crippen molar-refractivity contribution in [2.45, 2.75) is 12.5 Å². The molecular weight excluding hydrogens is 273 g/mol. The molecule has 1 aromatic rings. The van der Waals surface area contributed by atoms with E-state index in [9.17, 15) is 9.18 Å². The fourth-order valence-corrected chi connectivity index (χ4v) is 2.21. The van der Waals surface area contributed by atoms with Gasteiger partial charge in [-0.15, -0.1) is 0 Å². The predicted octanol–water partition coefficient (Wildman–Crippen LogP) is 1.90. The Morgan fingerprint density at radius 3 is 2.95 bits per heavy atom. The lowest BCUT2D eigenvalue weighted by molar-refractivity contribution is -0.116. The van der Waals surface area contributed by atoms with E-state index in [-0.39, 0.29) is 30.2 Å². The summed E-state index contributed by atoms with van der Waals surface area (Å²) in [5.41, 5.74) is 0.582. The Labute approximate surface area is 122 Å². The van der Waals surface area contributed by atoms with Gasteiger partial charge in [-0.05, 0) is 30.2 Å². The molecule has 0 aromatic heterocycles. The second kappa shape index (κ2) is 7.04. The summed E-state index contributed by atoms with van der Waals surface area (Å²) in [5.74, 6) is -0.443. The maximum absolute atomic E-state index is 13.5. The average Bonchev–Trinajstić information content (AvgIpc) is 2.93. The predicted molar refractivity (Wildman–Crippen MR) is 78.2 cm³/mol. The van der Waals surface area contributed by atoms with Gasteiger partial charge < -0.3 is 15.2 Å². The number of carbonyl (C=O) groups is 1. The van der Waals surface area contributed by atoms with Gasteiger partial charge in [-0.1, -0.05) is 18.2 Å². The zero-order valence-corrected chi connectivity index (χ0v) is 11.8. The standard InChI is InChI=1S/C16H18FNO3/c1-21-15-6-3-11(9-14(15)17)4-7-16(20)18-13-5-2-12(8-13)10-19/h2-7,9,12-13,19H,8,10H2,1H3,(H,18,20)/b7-4+/t12-,13+/m0/s1. The van der Waals surface area contributed by atoms with E-state index in [4.69, 9.17) is 9.84 Å². The lowest BCUT2D eigenvalue weighted by Crippen LogP contribution is -2.31. The van der Waals surface area contributed by atoms with Gasteiger partial charge >= 0.3 is 0 Å². The van der Waals surface area contributed by atoms with Gasteiger partial charge in [0, 0.05) is 24.6 Å². The summed E-state index contributed by atoms with van der Waals surface area (Å²) >= 11 is 0.